The van der Waals surface area contributed by atoms with Crippen molar-refractivity contribution >= 4 is 10.1 Å². The highest BCUT2D eigenvalue weighted by atomic mass is 32.2. The smallest absolute Gasteiger partial charge is 0.294 e. The van der Waals surface area contributed by atoms with Crippen LogP contribution in [0.1, 0.15) is 19.8 Å². The second kappa shape index (κ2) is 8.65. The molecule has 0 aromatic heterocycles. The molecule has 0 aromatic rings. The summed E-state index contributed by atoms with van der Waals surface area (Å²) < 4.78 is 46.6. The van der Waals surface area contributed by atoms with E-state index in [1.807, 2.05) is 13.0 Å². The zero-order valence-electron chi connectivity index (χ0n) is 12.6. The van der Waals surface area contributed by atoms with Crippen LogP contribution in [-0.2, 0) is 24.3 Å². The molecule has 0 aromatic carbocycles. The van der Waals surface area contributed by atoms with Gasteiger partial charge in [0.1, 0.15) is 0 Å². The average Bonchev–Trinajstić information content (AvgIpc) is 2.41. The molecule has 6 nitrogen and oxygen atoms in total. The minimum Gasteiger partial charge on any atom is -0.382 e. The first kappa shape index (κ1) is 18.3. The fraction of sp³-hybridized carbons (Fsp3) is 0.714. The second-order valence-electron chi connectivity index (χ2n) is 5.24. The Labute approximate surface area is 126 Å². The highest BCUT2D eigenvalue weighted by molar-refractivity contribution is 7.90. The number of ether oxygens (including phenoxy) is 3. The zero-order chi connectivity index (χ0) is 15.8. The van der Waals surface area contributed by atoms with Gasteiger partial charge in [0.25, 0.3) is 10.1 Å². The Balaban J connectivity index is 2.19. The van der Waals surface area contributed by atoms with Crippen molar-refractivity contribution in [2.24, 2.45) is 5.41 Å². The largest absolute Gasteiger partial charge is 0.382 e. The molecule has 1 aliphatic rings. The van der Waals surface area contributed by atoms with Gasteiger partial charge in [0.05, 0.1) is 31.3 Å². The molecule has 1 rings (SSSR count). The van der Waals surface area contributed by atoms with Crippen LogP contribution in [-0.4, -0.2) is 53.1 Å². The quantitative estimate of drug-likeness (QED) is 0.488. The maximum Gasteiger partial charge on any atom is 0.294 e. The zero-order valence-corrected chi connectivity index (χ0v) is 13.4. The monoisotopic (exact) mass is 320 g/mol. The maximum absolute atomic E-state index is 11.0. The normalized spacial score (nSPS) is 22.3. The summed E-state index contributed by atoms with van der Waals surface area (Å²) in [6, 6.07) is 0. The molecule has 0 saturated carbocycles. The molecule has 0 fully saturated rings. The van der Waals surface area contributed by atoms with E-state index in [0.29, 0.717) is 39.5 Å². The summed E-state index contributed by atoms with van der Waals surface area (Å²) in [5.41, 5.74) is -0.148. The number of allylic oxidation sites excluding steroid dienone is 3. The lowest BCUT2D eigenvalue weighted by molar-refractivity contribution is 0.0199. The van der Waals surface area contributed by atoms with E-state index in [2.05, 4.69) is 0 Å². The fourth-order valence-electron chi connectivity index (χ4n) is 1.90. The van der Waals surface area contributed by atoms with Gasteiger partial charge >= 0.3 is 0 Å². The first-order valence-electron chi connectivity index (χ1n) is 6.89. The third-order valence-electron chi connectivity index (χ3n) is 3.34. The van der Waals surface area contributed by atoms with Gasteiger partial charge in [0, 0.05) is 13.7 Å². The lowest BCUT2D eigenvalue weighted by atomic mass is 9.81. The SMILES string of the molecule is COCCOCCOCCC1(C)C=CC(S(=O)(=O)O)=CC1. The van der Waals surface area contributed by atoms with Crippen molar-refractivity contribution in [3.05, 3.63) is 23.1 Å². The third-order valence-corrected chi connectivity index (χ3v) is 4.24. The topological polar surface area (TPSA) is 82.1 Å². The molecule has 1 aliphatic carbocycles. The van der Waals surface area contributed by atoms with Crippen LogP contribution in [0.5, 0.6) is 0 Å². The second-order valence-corrected chi connectivity index (χ2v) is 6.66. The van der Waals surface area contributed by atoms with Gasteiger partial charge in [-0.3, -0.25) is 4.55 Å². The van der Waals surface area contributed by atoms with E-state index < -0.39 is 10.1 Å². The minimum atomic E-state index is -4.10. The summed E-state index contributed by atoms with van der Waals surface area (Å²) in [5, 5.41) is 0. The Morgan fingerprint density at radius 1 is 1.19 bits per heavy atom. The van der Waals surface area contributed by atoms with Crippen molar-refractivity contribution in [2.75, 3.05) is 40.1 Å². The molecule has 0 radical (unpaired) electrons. The maximum atomic E-state index is 11.0. The third kappa shape index (κ3) is 7.19. The molecule has 7 heteroatoms. The molecule has 122 valence electrons. The van der Waals surface area contributed by atoms with Crippen molar-refractivity contribution in [2.45, 2.75) is 19.8 Å². The lowest BCUT2D eigenvalue weighted by Crippen LogP contribution is -2.19. The molecule has 0 heterocycles. The van der Waals surface area contributed by atoms with Gasteiger partial charge in [-0.05, 0) is 24.3 Å². The molecule has 21 heavy (non-hydrogen) atoms. The Hall–Kier alpha value is -0.730. The predicted molar refractivity (Wildman–Crippen MR) is 79.6 cm³/mol. The first-order chi connectivity index (χ1) is 9.87. The summed E-state index contributed by atoms with van der Waals surface area (Å²) in [4.78, 5) is -0.0348. The predicted octanol–water partition coefficient (Wildman–Crippen LogP) is 1.79. The first-order valence-corrected chi connectivity index (χ1v) is 8.33. The fourth-order valence-corrected chi connectivity index (χ4v) is 2.43. The van der Waals surface area contributed by atoms with Crippen molar-refractivity contribution in [3.8, 4) is 0 Å². The summed E-state index contributed by atoms with van der Waals surface area (Å²) in [6.45, 7) is 4.79. The van der Waals surface area contributed by atoms with E-state index in [-0.39, 0.29) is 10.3 Å². The van der Waals surface area contributed by atoms with Crippen LogP contribution in [0.4, 0.5) is 0 Å². The van der Waals surface area contributed by atoms with Gasteiger partial charge in [-0.2, -0.15) is 8.42 Å². The Kier molecular flexibility index (Phi) is 7.55. The molecule has 1 N–H and O–H groups in total. The molecular weight excluding hydrogens is 296 g/mol. The van der Waals surface area contributed by atoms with Gasteiger partial charge in [0.15, 0.2) is 0 Å². The van der Waals surface area contributed by atoms with Gasteiger partial charge < -0.3 is 14.2 Å². The standard InChI is InChI=1S/C14H24O6S/c1-14(5-3-13(4-6-14)21(15,16)17)7-8-19-11-12-20-10-9-18-2/h3-5H,6-12H2,1-2H3,(H,15,16,17). The minimum absolute atomic E-state index is 0.0348. The van der Waals surface area contributed by atoms with Gasteiger partial charge in [-0.15, -0.1) is 0 Å². The number of hydrogen-bond acceptors (Lipinski definition) is 5. The Morgan fingerprint density at radius 3 is 2.33 bits per heavy atom. The van der Waals surface area contributed by atoms with Crippen LogP contribution in [0.3, 0.4) is 0 Å². The molecule has 0 saturated heterocycles. The molecule has 0 amide bonds. The van der Waals surface area contributed by atoms with Gasteiger partial charge in [0.2, 0.25) is 0 Å². The highest BCUT2D eigenvalue weighted by Crippen LogP contribution is 2.33. The number of rotatable bonds is 10. The highest BCUT2D eigenvalue weighted by Gasteiger charge is 2.25. The molecule has 1 unspecified atom stereocenters. The number of methoxy groups -OCH3 is 1. The molecule has 0 aliphatic heterocycles. The molecule has 0 bridgehead atoms. The summed E-state index contributed by atoms with van der Waals surface area (Å²) in [6.07, 6.45) is 6.15. The van der Waals surface area contributed by atoms with Crippen LogP contribution in [0.25, 0.3) is 0 Å². The van der Waals surface area contributed by atoms with Gasteiger partial charge in [-0.25, -0.2) is 0 Å². The van der Waals surface area contributed by atoms with E-state index in [1.54, 1.807) is 13.2 Å². The Morgan fingerprint density at radius 2 is 1.81 bits per heavy atom. The number of hydrogen-bond donors (Lipinski definition) is 1. The van der Waals surface area contributed by atoms with Crippen LogP contribution < -0.4 is 0 Å². The van der Waals surface area contributed by atoms with E-state index in [4.69, 9.17) is 18.8 Å². The molecule has 0 spiro atoms. The van der Waals surface area contributed by atoms with E-state index >= 15 is 0 Å². The van der Waals surface area contributed by atoms with Crippen LogP contribution >= 0.6 is 0 Å². The summed E-state index contributed by atoms with van der Waals surface area (Å²) in [7, 11) is -2.47. The van der Waals surface area contributed by atoms with Crippen molar-refractivity contribution in [1.29, 1.82) is 0 Å². The van der Waals surface area contributed by atoms with Gasteiger partial charge in [-0.1, -0.05) is 19.1 Å². The van der Waals surface area contributed by atoms with E-state index in [0.717, 1.165) is 6.42 Å². The van der Waals surface area contributed by atoms with E-state index in [9.17, 15) is 8.42 Å². The van der Waals surface area contributed by atoms with Crippen LogP contribution in [0.2, 0.25) is 0 Å². The Bertz CT molecular complexity index is 468. The van der Waals surface area contributed by atoms with Crippen LogP contribution in [0, 0.1) is 5.41 Å². The van der Waals surface area contributed by atoms with Crippen LogP contribution in [0.15, 0.2) is 23.1 Å². The summed E-state index contributed by atoms with van der Waals surface area (Å²) >= 11 is 0. The average molecular weight is 320 g/mol. The lowest BCUT2D eigenvalue weighted by Gasteiger charge is -2.27. The van der Waals surface area contributed by atoms with Crippen molar-refractivity contribution in [1.82, 2.24) is 0 Å². The van der Waals surface area contributed by atoms with Crippen molar-refractivity contribution < 1.29 is 27.2 Å². The molecular formula is C14H24O6S. The van der Waals surface area contributed by atoms with Crippen molar-refractivity contribution in [3.63, 3.8) is 0 Å². The molecule has 1 atom stereocenters. The summed E-state index contributed by atoms with van der Waals surface area (Å²) in [5.74, 6) is 0. The van der Waals surface area contributed by atoms with E-state index in [1.165, 1.54) is 6.08 Å².